The molecule has 0 aliphatic carbocycles. The smallest absolute Gasteiger partial charge is 0.294 e. The highest BCUT2D eigenvalue weighted by Gasteiger charge is 2.36. The summed E-state index contributed by atoms with van der Waals surface area (Å²) in [6.45, 7) is -0.148. The third-order valence-electron chi connectivity index (χ3n) is 5.84. The molecule has 4 aromatic rings. The molecule has 0 unspecified atom stereocenters. The highest BCUT2D eigenvalue weighted by Crippen LogP contribution is 2.34. The zero-order chi connectivity index (χ0) is 27.0. The summed E-state index contributed by atoms with van der Waals surface area (Å²) in [6, 6.07) is 15.4. The number of anilines is 1. The Morgan fingerprint density at radius 1 is 1.00 bits per heavy atom. The van der Waals surface area contributed by atoms with Crippen LogP contribution in [0.25, 0.3) is 17.0 Å². The molecule has 3 amide bonds. The first kappa shape index (κ1) is 26.0. The van der Waals surface area contributed by atoms with Gasteiger partial charge in [-0.15, -0.1) is 0 Å². The third-order valence-corrected chi connectivity index (χ3v) is 7.39. The Balaban J connectivity index is 1.37. The number of aromatic nitrogens is 1. The summed E-state index contributed by atoms with van der Waals surface area (Å²) >= 11 is 12.7. The summed E-state index contributed by atoms with van der Waals surface area (Å²) in [4.78, 5) is 39.1. The number of thioether (sulfide) groups is 1. The van der Waals surface area contributed by atoms with E-state index in [2.05, 4.69) is 5.32 Å². The Morgan fingerprint density at radius 3 is 2.55 bits per heavy atom. The molecule has 0 atom stereocenters. The van der Waals surface area contributed by atoms with Crippen LogP contribution in [0, 0.1) is 11.6 Å². The van der Waals surface area contributed by atoms with Crippen LogP contribution in [-0.2, 0) is 16.1 Å². The Hall–Kier alpha value is -3.66. The number of fused-ring (bicyclic) bond motifs is 1. The maximum absolute atomic E-state index is 13.5. The van der Waals surface area contributed by atoms with Crippen molar-refractivity contribution in [3.05, 3.63) is 105 Å². The fourth-order valence-electron chi connectivity index (χ4n) is 4.05. The minimum Gasteiger partial charge on any atom is -0.342 e. The quantitative estimate of drug-likeness (QED) is 0.254. The molecule has 1 aliphatic rings. The molecule has 0 spiro atoms. The normalized spacial score (nSPS) is 14.6. The lowest BCUT2D eigenvalue weighted by Gasteiger charge is -2.12. The number of carbonyl (C=O) groups is 3. The van der Waals surface area contributed by atoms with Crippen LogP contribution in [0.15, 0.2) is 71.8 Å². The van der Waals surface area contributed by atoms with Crippen molar-refractivity contribution in [1.29, 1.82) is 0 Å². The van der Waals surface area contributed by atoms with E-state index in [-0.39, 0.29) is 15.6 Å². The van der Waals surface area contributed by atoms with Gasteiger partial charge in [-0.25, -0.2) is 8.78 Å². The Kier molecular flexibility index (Phi) is 7.25. The maximum atomic E-state index is 13.5. The van der Waals surface area contributed by atoms with Crippen molar-refractivity contribution in [2.75, 3.05) is 11.9 Å². The lowest BCUT2D eigenvalue weighted by molar-refractivity contribution is -0.127. The molecule has 5 rings (SSSR count). The van der Waals surface area contributed by atoms with Crippen molar-refractivity contribution in [2.24, 2.45) is 0 Å². The summed E-state index contributed by atoms with van der Waals surface area (Å²) < 4.78 is 28.8. The molecule has 1 N–H and O–H groups in total. The highest BCUT2D eigenvalue weighted by atomic mass is 35.5. The number of rotatable bonds is 6. The lowest BCUT2D eigenvalue weighted by Crippen LogP contribution is -2.36. The van der Waals surface area contributed by atoms with Crippen LogP contribution in [0.2, 0.25) is 10.0 Å². The monoisotopic (exact) mass is 571 g/mol. The molecule has 1 saturated heterocycles. The Morgan fingerprint density at radius 2 is 1.79 bits per heavy atom. The molecule has 6 nitrogen and oxygen atoms in total. The Bertz CT molecular complexity index is 1650. The molecule has 0 bridgehead atoms. The van der Waals surface area contributed by atoms with Crippen molar-refractivity contribution in [1.82, 2.24) is 9.47 Å². The minimum atomic E-state index is -0.636. The molecule has 2 heterocycles. The molecule has 0 radical (unpaired) electrons. The number of nitrogens with zero attached hydrogens (tertiary/aromatic N) is 2. The molecule has 11 heteroatoms. The van der Waals surface area contributed by atoms with Crippen LogP contribution in [0.1, 0.15) is 11.1 Å². The number of imide groups is 1. The Labute approximate surface area is 229 Å². The van der Waals surface area contributed by atoms with Gasteiger partial charge in [0.05, 0.1) is 9.93 Å². The van der Waals surface area contributed by atoms with E-state index < -0.39 is 35.2 Å². The predicted octanol–water partition coefficient (Wildman–Crippen LogP) is 6.95. The standard InChI is InChI=1S/C27H17Cl2F2N3O3S/c28-20-10-17(30)6-5-15(20)12-33-13-16(19-3-1-2-4-23(19)33)9-24-26(36)34(27(37)38-24)14-25(35)32-18-7-8-22(31)21(29)11-18/h1-11,13H,12,14H2,(H,32,35)/b24-9-. The maximum Gasteiger partial charge on any atom is 0.294 e. The average molecular weight is 572 g/mol. The first-order valence-electron chi connectivity index (χ1n) is 11.2. The fraction of sp³-hybridized carbons (Fsp3) is 0.0741. The number of hydrogen-bond donors (Lipinski definition) is 1. The lowest BCUT2D eigenvalue weighted by atomic mass is 10.1. The van der Waals surface area contributed by atoms with Crippen LogP contribution in [0.3, 0.4) is 0 Å². The zero-order valence-electron chi connectivity index (χ0n) is 19.4. The van der Waals surface area contributed by atoms with Gasteiger partial charge in [0.25, 0.3) is 11.1 Å². The molecule has 1 aliphatic heterocycles. The number of carbonyl (C=O) groups excluding carboxylic acids is 3. The summed E-state index contributed by atoms with van der Waals surface area (Å²) in [5.41, 5.74) is 2.50. The van der Waals surface area contributed by atoms with Crippen molar-refractivity contribution in [3.63, 3.8) is 0 Å². The molecule has 1 aromatic heterocycles. The summed E-state index contributed by atoms with van der Waals surface area (Å²) in [5, 5.41) is 2.88. The summed E-state index contributed by atoms with van der Waals surface area (Å²) in [6.07, 6.45) is 3.43. The minimum absolute atomic E-state index is 0.162. The van der Waals surface area contributed by atoms with Gasteiger partial charge in [-0.3, -0.25) is 19.3 Å². The topological polar surface area (TPSA) is 71.4 Å². The van der Waals surface area contributed by atoms with E-state index in [1.165, 1.54) is 24.3 Å². The van der Waals surface area contributed by atoms with Crippen LogP contribution in [0.4, 0.5) is 19.3 Å². The molecule has 192 valence electrons. The van der Waals surface area contributed by atoms with Gasteiger partial charge in [-0.1, -0.05) is 47.5 Å². The number of benzene rings is 3. The van der Waals surface area contributed by atoms with E-state index in [1.54, 1.807) is 12.1 Å². The molecule has 3 aromatic carbocycles. The number of hydrogen-bond acceptors (Lipinski definition) is 4. The fourth-order valence-corrected chi connectivity index (χ4v) is 5.29. The van der Waals surface area contributed by atoms with Crippen molar-refractivity contribution in [3.8, 4) is 0 Å². The van der Waals surface area contributed by atoms with Gasteiger partial charge < -0.3 is 9.88 Å². The van der Waals surface area contributed by atoms with Crippen LogP contribution in [-0.4, -0.2) is 33.1 Å². The number of nitrogens with one attached hydrogen (secondary N) is 1. The molecule has 38 heavy (non-hydrogen) atoms. The van der Waals surface area contributed by atoms with Crippen LogP contribution in [0.5, 0.6) is 0 Å². The number of para-hydroxylation sites is 1. The summed E-state index contributed by atoms with van der Waals surface area (Å²) in [5.74, 6) is -2.31. The van der Waals surface area contributed by atoms with E-state index >= 15 is 0 Å². The van der Waals surface area contributed by atoms with Gasteiger partial charge >= 0.3 is 0 Å². The van der Waals surface area contributed by atoms with Gasteiger partial charge in [0.15, 0.2) is 0 Å². The van der Waals surface area contributed by atoms with Gasteiger partial charge in [-0.05, 0) is 59.8 Å². The average Bonchev–Trinajstić information content (AvgIpc) is 3.35. The van der Waals surface area contributed by atoms with E-state index in [9.17, 15) is 23.2 Å². The van der Waals surface area contributed by atoms with E-state index in [0.717, 1.165) is 33.6 Å². The predicted molar refractivity (Wildman–Crippen MR) is 145 cm³/mol. The van der Waals surface area contributed by atoms with Crippen LogP contribution >= 0.6 is 35.0 Å². The van der Waals surface area contributed by atoms with E-state index in [4.69, 9.17) is 23.2 Å². The highest BCUT2D eigenvalue weighted by molar-refractivity contribution is 8.18. The first-order chi connectivity index (χ1) is 18.2. The second-order valence-corrected chi connectivity index (χ2v) is 10.2. The van der Waals surface area contributed by atoms with Crippen LogP contribution < -0.4 is 5.32 Å². The SMILES string of the molecule is O=C(CN1C(=O)S/C(=C\c2cn(Cc3ccc(F)cc3Cl)c3ccccc23)C1=O)Nc1ccc(F)c(Cl)c1. The van der Waals surface area contributed by atoms with Gasteiger partial charge in [0.1, 0.15) is 18.2 Å². The molecular weight excluding hydrogens is 555 g/mol. The van der Waals surface area contributed by atoms with Gasteiger partial charge in [0, 0.05) is 39.9 Å². The van der Waals surface area contributed by atoms with Gasteiger partial charge in [-0.2, -0.15) is 0 Å². The van der Waals surface area contributed by atoms with E-state index in [0.29, 0.717) is 22.7 Å². The second-order valence-electron chi connectivity index (χ2n) is 8.41. The van der Waals surface area contributed by atoms with E-state index in [1.807, 2.05) is 35.0 Å². The summed E-state index contributed by atoms with van der Waals surface area (Å²) in [7, 11) is 0. The first-order valence-corrected chi connectivity index (χ1v) is 12.8. The van der Waals surface area contributed by atoms with Gasteiger partial charge in [0.2, 0.25) is 5.91 Å². The molecular formula is C27H17Cl2F2N3O3S. The second kappa shape index (κ2) is 10.6. The molecule has 0 saturated carbocycles. The third kappa shape index (κ3) is 5.31. The van der Waals surface area contributed by atoms with Crippen molar-refractivity contribution in [2.45, 2.75) is 6.54 Å². The van der Waals surface area contributed by atoms with Crippen molar-refractivity contribution >= 4 is 74.7 Å². The van der Waals surface area contributed by atoms with Crippen molar-refractivity contribution < 1.29 is 23.2 Å². The number of halogens is 4. The largest absolute Gasteiger partial charge is 0.342 e. The molecule has 1 fully saturated rings. The zero-order valence-corrected chi connectivity index (χ0v) is 21.7. The number of amides is 3.